The Morgan fingerprint density at radius 2 is 1.76 bits per heavy atom. The van der Waals surface area contributed by atoms with Crippen molar-refractivity contribution in [2.75, 3.05) is 24.7 Å². The van der Waals surface area contributed by atoms with E-state index in [1.54, 1.807) is 6.92 Å². The van der Waals surface area contributed by atoms with Crippen LogP contribution >= 0.6 is 0 Å². The molecule has 0 fully saturated rings. The Labute approximate surface area is 105 Å². The van der Waals surface area contributed by atoms with Crippen LogP contribution in [0.25, 0.3) is 0 Å². The van der Waals surface area contributed by atoms with Gasteiger partial charge in [0.1, 0.15) is 17.3 Å². The molecule has 0 atom stereocenters. The first-order chi connectivity index (χ1) is 8.19. The van der Waals surface area contributed by atoms with Gasteiger partial charge in [0.05, 0.1) is 13.2 Å². The van der Waals surface area contributed by atoms with Crippen LogP contribution in [-0.4, -0.2) is 40.7 Å². The van der Waals surface area contributed by atoms with Crippen LogP contribution in [0.2, 0.25) is 0 Å². The SMILES string of the molecule is CC(=O)c1ccccc1C[S+](CCO)CCO. The molecule has 1 aromatic rings. The summed E-state index contributed by atoms with van der Waals surface area (Å²) in [5.41, 5.74) is 1.77. The highest BCUT2D eigenvalue weighted by Crippen LogP contribution is 2.15. The molecule has 17 heavy (non-hydrogen) atoms. The first-order valence-corrected chi connectivity index (χ1v) is 7.37. The molecule has 0 aliphatic heterocycles. The Morgan fingerprint density at radius 3 is 2.29 bits per heavy atom. The summed E-state index contributed by atoms with van der Waals surface area (Å²) >= 11 is 0. The molecule has 0 spiro atoms. The minimum Gasteiger partial charge on any atom is -0.391 e. The third-order valence-electron chi connectivity index (χ3n) is 2.52. The highest BCUT2D eigenvalue weighted by molar-refractivity contribution is 7.96. The van der Waals surface area contributed by atoms with Crippen LogP contribution in [0.5, 0.6) is 0 Å². The van der Waals surface area contributed by atoms with Crippen molar-refractivity contribution >= 4 is 16.7 Å². The topological polar surface area (TPSA) is 57.5 Å². The number of aliphatic hydroxyl groups excluding tert-OH is 2. The largest absolute Gasteiger partial charge is 0.391 e. The van der Waals surface area contributed by atoms with Crippen LogP contribution in [0.4, 0.5) is 0 Å². The maximum absolute atomic E-state index is 11.5. The van der Waals surface area contributed by atoms with E-state index in [-0.39, 0.29) is 29.9 Å². The second-order valence-electron chi connectivity index (χ2n) is 3.83. The Balaban J connectivity index is 2.80. The van der Waals surface area contributed by atoms with Gasteiger partial charge in [-0.1, -0.05) is 24.3 Å². The average Bonchev–Trinajstić information content (AvgIpc) is 2.30. The summed E-state index contributed by atoms with van der Waals surface area (Å²) in [5.74, 6) is 2.20. The summed E-state index contributed by atoms with van der Waals surface area (Å²) in [6.07, 6.45) is 0. The molecule has 0 aromatic heterocycles. The van der Waals surface area contributed by atoms with Crippen LogP contribution in [0.15, 0.2) is 24.3 Å². The minimum atomic E-state index is -0.0545. The van der Waals surface area contributed by atoms with Gasteiger partial charge in [0.2, 0.25) is 0 Å². The van der Waals surface area contributed by atoms with E-state index in [9.17, 15) is 4.79 Å². The maximum Gasteiger partial charge on any atom is 0.160 e. The number of hydrogen-bond acceptors (Lipinski definition) is 3. The number of Topliss-reactive ketones (excluding diaryl/α,β-unsaturated/α-hetero) is 1. The standard InChI is InChI=1S/C13H19O3S/c1-11(16)13-5-3-2-4-12(13)10-17(8-6-14)9-7-15/h2-5,14-15H,6-10H2,1H3/q+1. The van der Waals surface area contributed by atoms with Gasteiger partial charge in [-0.15, -0.1) is 0 Å². The third-order valence-corrected chi connectivity index (χ3v) is 4.76. The van der Waals surface area contributed by atoms with Crippen molar-refractivity contribution in [1.82, 2.24) is 0 Å². The molecule has 4 heteroatoms. The molecule has 0 heterocycles. The molecular weight excluding hydrogens is 236 g/mol. The van der Waals surface area contributed by atoms with Crippen molar-refractivity contribution in [3.05, 3.63) is 35.4 Å². The molecule has 0 amide bonds. The molecule has 0 unspecified atom stereocenters. The lowest BCUT2D eigenvalue weighted by Crippen LogP contribution is -2.20. The Hall–Kier alpha value is -0.840. The molecule has 3 nitrogen and oxygen atoms in total. The number of ketones is 1. The molecule has 0 bridgehead atoms. The molecule has 1 aromatic carbocycles. The van der Waals surface area contributed by atoms with Gasteiger partial charge < -0.3 is 10.2 Å². The van der Waals surface area contributed by atoms with Crippen molar-refractivity contribution in [3.63, 3.8) is 0 Å². The average molecular weight is 255 g/mol. The monoisotopic (exact) mass is 255 g/mol. The summed E-state index contributed by atoms with van der Waals surface area (Å²) in [6.45, 7) is 1.83. The third kappa shape index (κ3) is 4.50. The van der Waals surface area contributed by atoms with Crippen molar-refractivity contribution in [3.8, 4) is 0 Å². The number of carbonyl (C=O) groups is 1. The number of rotatable bonds is 7. The van der Waals surface area contributed by atoms with Gasteiger partial charge in [0, 0.05) is 11.1 Å². The molecule has 0 aliphatic carbocycles. The summed E-state index contributed by atoms with van der Waals surface area (Å²) < 4.78 is 0. The fourth-order valence-corrected chi connectivity index (χ4v) is 3.41. The van der Waals surface area contributed by atoms with Gasteiger partial charge in [-0.05, 0) is 17.8 Å². The number of aliphatic hydroxyl groups is 2. The molecule has 0 saturated carbocycles. The molecule has 2 N–H and O–H groups in total. The predicted molar refractivity (Wildman–Crippen MR) is 71.4 cm³/mol. The first-order valence-electron chi connectivity index (χ1n) is 5.63. The summed E-state index contributed by atoms with van der Waals surface area (Å²) in [5, 5.41) is 18.0. The molecule has 1 rings (SSSR count). The second kappa shape index (κ2) is 7.48. The number of benzene rings is 1. The molecular formula is C13H19O3S+. The zero-order chi connectivity index (χ0) is 12.7. The van der Waals surface area contributed by atoms with Gasteiger partial charge in [0.25, 0.3) is 0 Å². The van der Waals surface area contributed by atoms with Gasteiger partial charge >= 0.3 is 0 Å². The quantitative estimate of drug-likeness (QED) is 0.564. The van der Waals surface area contributed by atoms with Crippen molar-refractivity contribution in [2.24, 2.45) is 0 Å². The lowest BCUT2D eigenvalue weighted by Gasteiger charge is -2.09. The predicted octanol–water partition coefficient (Wildman–Crippen LogP) is 0.992. The molecule has 0 aliphatic rings. The van der Waals surface area contributed by atoms with E-state index in [1.807, 2.05) is 24.3 Å². The van der Waals surface area contributed by atoms with E-state index in [1.165, 1.54) is 0 Å². The van der Waals surface area contributed by atoms with Crippen molar-refractivity contribution in [1.29, 1.82) is 0 Å². The van der Waals surface area contributed by atoms with Crippen LogP contribution in [0.3, 0.4) is 0 Å². The first kappa shape index (κ1) is 14.2. The van der Waals surface area contributed by atoms with Crippen molar-refractivity contribution in [2.45, 2.75) is 12.7 Å². The Kier molecular flexibility index (Phi) is 6.26. The van der Waals surface area contributed by atoms with E-state index in [0.29, 0.717) is 11.5 Å². The minimum absolute atomic E-state index is 0.0545. The Morgan fingerprint density at radius 1 is 1.18 bits per heavy atom. The van der Waals surface area contributed by atoms with Gasteiger partial charge in [0.15, 0.2) is 5.78 Å². The fourth-order valence-electron chi connectivity index (χ4n) is 1.71. The highest BCUT2D eigenvalue weighted by atomic mass is 32.2. The normalized spacial score (nSPS) is 10.8. The maximum atomic E-state index is 11.5. The molecule has 0 saturated heterocycles. The van der Waals surface area contributed by atoms with E-state index < -0.39 is 0 Å². The number of hydrogen-bond donors (Lipinski definition) is 2. The summed E-state index contributed by atoms with van der Waals surface area (Å²) in [4.78, 5) is 11.5. The fraction of sp³-hybridized carbons (Fsp3) is 0.462. The smallest absolute Gasteiger partial charge is 0.160 e. The molecule has 94 valence electrons. The van der Waals surface area contributed by atoms with Crippen LogP contribution < -0.4 is 0 Å². The van der Waals surface area contributed by atoms with E-state index in [4.69, 9.17) is 10.2 Å². The van der Waals surface area contributed by atoms with Gasteiger partial charge in [-0.3, -0.25) is 4.79 Å². The molecule has 0 radical (unpaired) electrons. The lowest BCUT2D eigenvalue weighted by molar-refractivity contribution is 0.101. The lowest BCUT2D eigenvalue weighted by atomic mass is 10.1. The van der Waals surface area contributed by atoms with E-state index in [2.05, 4.69) is 0 Å². The van der Waals surface area contributed by atoms with Gasteiger partial charge in [-0.2, -0.15) is 0 Å². The zero-order valence-corrected chi connectivity index (χ0v) is 10.9. The van der Waals surface area contributed by atoms with Crippen LogP contribution in [-0.2, 0) is 16.6 Å². The van der Waals surface area contributed by atoms with Crippen LogP contribution in [0, 0.1) is 0 Å². The van der Waals surface area contributed by atoms with Crippen molar-refractivity contribution < 1.29 is 15.0 Å². The highest BCUT2D eigenvalue weighted by Gasteiger charge is 2.20. The summed E-state index contributed by atoms with van der Waals surface area (Å²) in [7, 11) is -0.0545. The van der Waals surface area contributed by atoms with E-state index >= 15 is 0 Å². The van der Waals surface area contributed by atoms with Crippen LogP contribution in [0.1, 0.15) is 22.8 Å². The second-order valence-corrected chi connectivity index (χ2v) is 6.16. The van der Waals surface area contributed by atoms with Gasteiger partial charge in [-0.25, -0.2) is 0 Å². The zero-order valence-electron chi connectivity index (χ0n) is 10.1. The number of carbonyl (C=O) groups excluding carboxylic acids is 1. The van der Waals surface area contributed by atoms with E-state index in [0.717, 1.165) is 16.9 Å². The Bertz CT molecular complexity index is 359. The summed E-state index contributed by atoms with van der Waals surface area (Å²) in [6, 6.07) is 7.56.